The van der Waals surface area contributed by atoms with E-state index in [1.54, 1.807) is 26.0 Å². The molecule has 3 atom stereocenters. The summed E-state index contributed by atoms with van der Waals surface area (Å²) in [4.78, 5) is 47.4. The first-order valence-corrected chi connectivity index (χ1v) is 9.16. The normalized spacial score (nSPS) is 13.9. The fraction of sp³-hybridized carbons (Fsp3) is 0.474. The highest BCUT2D eigenvalue weighted by Crippen LogP contribution is 2.12. The topological polar surface area (TPSA) is 185 Å². The molecule has 10 nitrogen and oxygen atoms in total. The molecule has 160 valence electrons. The number of hydrogen-bond acceptors (Lipinski definition) is 6. The van der Waals surface area contributed by atoms with E-state index in [1.165, 1.54) is 12.1 Å². The lowest BCUT2D eigenvalue weighted by Gasteiger charge is -2.24. The number of nitrogens with one attached hydrogen (secondary N) is 2. The molecule has 1 aromatic rings. The molecule has 0 fully saturated rings. The molecule has 29 heavy (non-hydrogen) atoms. The van der Waals surface area contributed by atoms with E-state index in [2.05, 4.69) is 10.6 Å². The second-order valence-corrected chi connectivity index (χ2v) is 7.11. The number of primary amides is 1. The van der Waals surface area contributed by atoms with Gasteiger partial charge in [0.2, 0.25) is 17.7 Å². The summed E-state index contributed by atoms with van der Waals surface area (Å²) in [5.74, 6) is -3.44. The number of carboxylic acids is 1. The van der Waals surface area contributed by atoms with Gasteiger partial charge in [-0.3, -0.25) is 14.4 Å². The number of benzene rings is 1. The molecule has 0 saturated carbocycles. The molecule has 0 radical (unpaired) electrons. The minimum atomic E-state index is -1.34. The van der Waals surface area contributed by atoms with Crippen molar-refractivity contribution >= 4 is 23.7 Å². The Morgan fingerprint density at radius 2 is 1.55 bits per heavy atom. The van der Waals surface area contributed by atoms with E-state index in [9.17, 15) is 29.4 Å². The van der Waals surface area contributed by atoms with E-state index < -0.39 is 41.8 Å². The van der Waals surface area contributed by atoms with Gasteiger partial charge >= 0.3 is 5.97 Å². The van der Waals surface area contributed by atoms with E-state index in [4.69, 9.17) is 11.5 Å². The maximum atomic E-state index is 12.7. The Bertz CT molecular complexity index is 735. The van der Waals surface area contributed by atoms with E-state index in [0.717, 1.165) is 0 Å². The maximum absolute atomic E-state index is 12.7. The second-order valence-electron chi connectivity index (χ2n) is 7.11. The van der Waals surface area contributed by atoms with E-state index in [0.29, 0.717) is 5.56 Å². The number of phenols is 1. The van der Waals surface area contributed by atoms with Crippen molar-refractivity contribution in [3.8, 4) is 5.75 Å². The summed E-state index contributed by atoms with van der Waals surface area (Å²) in [6.07, 6.45) is -0.350. The summed E-state index contributed by atoms with van der Waals surface area (Å²) >= 11 is 0. The number of aliphatic carboxylic acids is 1. The molecule has 0 aliphatic rings. The van der Waals surface area contributed by atoms with Gasteiger partial charge in [-0.15, -0.1) is 0 Å². The molecule has 0 saturated heterocycles. The van der Waals surface area contributed by atoms with Gasteiger partial charge in [0.15, 0.2) is 0 Å². The number of carbonyl (C=O) groups excluding carboxylic acids is 3. The number of phenolic OH excluding ortho intramolecular Hbond substituents is 1. The molecule has 8 N–H and O–H groups in total. The third-order valence-corrected chi connectivity index (χ3v) is 4.32. The predicted octanol–water partition coefficient (Wildman–Crippen LogP) is -0.762. The average Bonchev–Trinajstić information content (AvgIpc) is 2.64. The quantitative estimate of drug-likeness (QED) is 0.278. The second kappa shape index (κ2) is 11.0. The van der Waals surface area contributed by atoms with Crippen molar-refractivity contribution in [2.24, 2.45) is 17.4 Å². The van der Waals surface area contributed by atoms with Gasteiger partial charge in [-0.25, -0.2) is 4.79 Å². The Labute approximate surface area is 168 Å². The van der Waals surface area contributed by atoms with E-state index in [1.807, 2.05) is 0 Å². The van der Waals surface area contributed by atoms with Gasteiger partial charge in [0.05, 0.1) is 6.04 Å². The van der Waals surface area contributed by atoms with E-state index >= 15 is 0 Å². The molecule has 0 bridgehead atoms. The number of carboxylic acid groups (broad SMARTS) is 1. The van der Waals surface area contributed by atoms with Gasteiger partial charge in [-0.05, 0) is 30.0 Å². The number of rotatable bonds is 11. The van der Waals surface area contributed by atoms with Crippen LogP contribution in [0, 0.1) is 5.92 Å². The smallest absolute Gasteiger partial charge is 0.326 e. The van der Waals surface area contributed by atoms with Gasteiger partial charge in [0.1, 0.15) is 17.8 Å². The van der Waals surface area contributed by atoms with Crippen LogP contribution >= 0.6 is 0 Å². The Morgan fingerprint density at radius 3 is 2.03 bits per heavy atom. The summed E-state index contributed by atoms with van der Waals surface area (Å²) in [7, 11) is 0. The molecule has 3 unspecified atom stereocenters. The van der Waals surface area contributed by atoms with Crippen LogP contribution in [0.3, 0.4) is 0 Å². The van der Waals surface area contributed by atoms with Gasteiger partial charge in [0, 0.05) is 12.8 Å². The maximum Gasteiger partial charge on any atom is 0.326 e. The summed E-state index contributed by atoms with van der Waals surface area (Å²) in [6.45, 7) is 3.51. The Morgan fingerprint density at radius 1 is 1.00 bits per heavy atom. The van der Waals surface area contributed by atoms with Crippen LogP contribution in [0.15, 0.2) is 24.3 Å². The first-order valence-electron chi connectivity index (χ1n) is 9.16. The minimum Gasteiger partial charge on any atom is -0.508 e. The van der Waals surface area contributed by atoms with Crippen molar-refractivity contribution in [1.29, 1.82) is 0 Å². The SMILES string of the molecule is CC(C)C(N)C(=O)NC(Cc1ccc(O)cc1)C(=O)NC(CCC(N)=O)C(=O)O. The molecular weight excluding hydrogens is 380 g/mol. The van der Waals surface area contributed by atoms with Crippen molar-refractivity contribution in [2.45, 2.75) is 51.2 Å². The summed E-state index contributed by atoms with van der Waals surface area (Å²) in [5, 5.41) is 23.5. The van der Waals surface area contributed by atoms with Crippen LogP contribution in [0.25, 0.3) is 0 Å². The lowest BCUT2D eigenvalue weighted by molar-refractivity contribution is -0.142. The van der Waals surface area contributed by atoms with Crippen molar-refractivity contribution in [1.82, 2.24) is 10.6 Å². The number of hydrogen-bond donors (Lipinski definition) is 6. The molecule has 0 spiro atoms. The average molecular weight is 408 g/mol. The standard InChI is InChI=1S/C19H28N4O6/c1-10(2)16(21)18(27)23-14(9-11-3-5-12(24)6-4-11)17(26)22-13(19(28)29)7-8-15(20)25/h3-6,10,13-14,16,24H,7-9,21H2,1-2H3,(H2,20,25)(H,22,26)(H,23,27)(H,28,29). The van der Waals surface area contributed by atoms with Gasteiger partial charge in [0.25, 0.3) is 0 Å². The number of amides is 3. The Hall–Kier alpha value is -3.14. The third-order valence-electron chi connectivity index (χ3n) is 4.32. The highest BCUT2D eigenvalue weighted by molar-refractivity contribution is 5.92. The van der Waals surface area contributed by atoms with Crippen LogP contribution in [-0.4, -0.2) is 52.0 Å². The van der Waals surface area contributed by atoms with Gasteiger partial charge in [-0.2, -0.15) is 0 Å². The summed E-state index contributed by atoms with van der Waals surface area (Å²) in [5.41, 5.74) is 11.5. The zero-order valence-electron chi connectivity index (χ0n) is 16.4. The molecule has 1 aromatic carbocycles. The third kappa shape index (κ3) is 8.18. The largest absolute Gasteiger partial charge is 0.508 e. The highest BCUT2D eigenvalue weighted by Gasteiger charge is 2.29. The monoisotopic (exact) mass is 408 g/mol. The Balaban J connectivity index is 2.98. The number of carbonyl (C=O) groups is 4. The van der Waals surface area contributed by atoms with Crippen molar-refractivity contribution in [3.63, 3.8) is 0 Å². The molecular formula is C19H28N4O6. The summed E-state index contributed by atoms with van der Waals surface area (Å²) in [6, 6.07) is 2.71. The van der Waals surface area contributed by atoms with Crippen molar-refractivity contribution in [2.75, 3.05) is 0 Å². The molecule has 0 aliphatic heterocycles. The summed E-state index contributed by atoms with van der Waals surface area (Å²) < 4.78 is 0. The lowest BCUT2D eigenvalue weighted by Crippen LogP contribution is -2.56. The first kappa shape index (κ1) is 23.9. The predicted molar refractivity (Wildman–Crippen MR) is 105 cm³/mol. The minimum absolute atomic E-state index is 0.0398. The molecule has 10 heteroatoms. The fourth-order valence-corrected chi connectivity index (χ4v) is 2.46. The van der Waals surface area contributed by atoms with Gasteiger partial charge in [-0.1, -0.05) is 26.0 Å². The van der Waals surface area contributed by atoms with Crippen LogP contribution in [0.2, 0.25) is 0 Å². The van der Waals surface area contributed by atoms with Crippen molar-refractivity contribution in [3.05, 3.63) is 29.8 Å². The fourth-order valence-electron chi connectivity index (χ4n) is 2.46. The zero-order chi connectivity index (χ0) is 22.1. The first-order chi connectivity index (χ1) is 13.5. The lowest BCUT2D eigenvalue weighted by atomic mass is 10.0. The van der Waals surface area contributed by atoms with Gasteiger partial charge < -0.3 is 32.3 Å². The number of aromatic hydroxyl groups is 1. The molecule has 1 rings (SSSR count). The van der Waals surface area contributed by atoms with Crippen LogP contribution in [0.1, 0.15) is 32.3 Å². The van der Waals surface area contributed by atoms with Crippen LogP contribution < -0.4 is 22.1 Å². The number of nitrogens with two attached hydrogens (primary N) is 2. The molecule has 0 heterocycles. The van der Waals surface area contributed by atoms with Crippen LogP contribution in [0.4, 0.5) is 0 Å². The van der Waals surface area contributed by atoms with Crippen LogP contribution in [0.5, 0.6) is 5.75 Å². The molecule has 3 amide bonds. The van der Waals surface area contributed by atoms with Crippen LogP contribution in [-0.2, 0) is 25.6 Å². The van der Waals surface area contributed by atoms with Crippen molar-refractivity contribution < 1.29 is 29.4 Å². The molecule has 0 aliphatic carbocycles. The zero-order valence-corrected chi connectivity index (χ0v) is 16.4. The van der Waals surface area contributed by atoms with E-state index in [-0.39, 0.29) is 30.9 Å². The highest BCUT2D eigenvalue weighted by atomic mass is 16.4. The molecule has 0 aromatic heterocycles. The Kier molecular flexibility index (Phi) is 9.07.